The predicted octanol–water partition coefficient (Wildman–Crippen LogP) is 1.00. The normalized spacial score (nSPS) is 11.3. The Labute approximate surface area is 108 Å². The number of Topliss-reactive ketones (excluding diaryl/α,β-unsaturated/α-hetero) is 1. The van der Waals surface area contributed by atoms with Crippen LogP contribution in [-0.2, 0) is 10.0 Å². The van der Waals surface area contributed by atoms with Gasteiger partial charge in [-0.3, -0.25) is 9.10 Å². The van der Waals surface area contributed by atoms with Gasteiger partial charge in [0.25, 0.3) is 0 Å². The molecule has 1 aromatic rings. The van der Waals surface area contributed by atoms with Crippen molar-refractivity contribution in [2.45, 2.75) is 13.8 Å². The molecule has 0 bridgehead atoms. The topological polar surface area (TPSA) is 80.5 Å². The van der Waals surface area contributed by atoms with Gasteiger partial charge in [-0.2, -0.15) is 0 Å². The molecule has 0 heterocycles. The summed E-state index contributed by atoms with van der Waals surface area (Å²) in [4.78, 5) is 11.2. The fraction of sp³-hybridized carbons (Fsp3) is 0.417. The molecule has 0 aliphatic carbocycles. The molecule has 1 aromatic carbocycles. The molecule has 0 saturated carbocycles. The van der Waals surface area contributed by atoms with Crippen LogP contribution in [0, 0.1) is 0 Å². The van der Waals surface area contributed by atoms with Crippen molar-refractivity contribution in [2.75, 3.05) is 23.1 Å². The summed E-state index contributed by atoms with van der Waals surface area (Å²) in [5, 5.41) is 0. The van der Waals surface area contributed by atoms with E-state index in [4.69, 9.17) is 5.73 Å². The minimum atomic E-state index is -3.34. The van der Waals surface area contributed by atoms with Crippen molar-refractivity contribution in [1.29, 1.82) is 0 Å². The number of benzene rings is 1. The molecule has 0 fully saturated rings. The molecule has 100 valence electrons. The number of rotatable bonds is 6. The van der Waals surface area contributed by atoms with Gasteiger partial charge in [-0.1, -0.05) is 0 Å². The lowest BCUT2D eigenvalue weighted by Crippen LogP contribution is -2.36. The minimum absolute atomic E-state index is 0.0153. The molecule has 1 rings (SSSR count). The van der Waals surface area contributed by atoms with Gasteiger partial charge in [0.15, 0.2) is 5.78 Å². The first kappa shape index (κ1) is 14.7. The largest absolute Gasteiger partial charge is 0.329 e. The molecule has 0 unspecified atom stereocenters. The monoisotopic (exact) mass is 270 g/mol. The average Bonchev–Trinajstić information content (AvgIpc) is 2.36. The van der Waals surface area contributed by atoms with Gasteiger partial charge >= 0.3 is 0 Å². The molecule has 0 aliphatic heterocycles. The maximum absolute atomic E-state index is 11.9. The Bertz CT molecular complexity index is 509. The first-order chi connectivity index (χ1) is 8.42. The fourth-order valence-electron chi connectivity index (χ4n) is 1.56. The van der Waals surface area contributed by atoms with Crippen LogP contribution >= 0.6 is 0 Å². The Balaban J connectivity index is 3.11. The number of nitrogens with zero attached hydrogens (tertiary/aromatic N) is 1. The Hall–Kier alpha value is -1.40. The molecular formula is C12H18N2O3S. The van der Waals surface area contributed by atoms with Crippen LogP contribution < -0.4 is 10.0 Å². The van der Waals surface area contributed by atoms with Crippen molar-refractivity contribution in [3.05, 3.63) is 29.8 Å². The second-order valence-electron chi connectivity index (χ2n) is 3.86. The molecule has 18 heavy (non-hydrogen) atoms. The van der Waals surface area contributed by atoms with Crippen LogP contribution in [0.25, 0.3) is 0 Å². The van der Waals surface area contributed by atoms with Crippen molar-refractivity contribution in [2.24, 2.45) is 5.73 Å². The van der Waals surface area contributed by atoms with Crippen LogP contribution in [0.5, 0.6) is 0 Å². The van der Waals surface area contributed by atoms with Gasteiger partial charge in [0, 0.05) is 18.7 Å². The molecule has 0 spiro atoms. The molecule has 0 radical (unpaired) electrons. The van der Waals surface area contributed by atoms with E-state index in [1.54, 1.807) is 31.2 Å². The summed E-state index contributed by atoms with van der Waals surface area (Å²) in [6, 6.07) is 6.48. The van der Waals surface area contributed by atoms with E-state index in [1.807, 2.05) is 0 Å². The average molecular weight is 270 g/mol. The highest BCUT2D eigenvalue weighted by Crippen LogP contribution is 2.19. The van der Waals surface area contributed by atoms with Crippen LogP contribution in [0.15, 0.2) is 24.3 Å². The molecule has 5 nitrogen and oxygen atoms in total. The van der Waals surface area contributed by atoms with Crippen LogP contribution in [0.4, 0.5) is 5.69 Å². The Morgan fingerprint density at radius 1 is 1.28 bits per heavy atom. The summed E-state index contributed by atoms with van der Waals surface area (Å²) in [5.74, 6) is -0.0353. The summed E-state index contributed by atoms with van der Waals surface area (Å²) in [7, 11) is -3.34. The van der Waals surface area contributed by atoms with E-state index < -0.39 is 10.0 Å². The van der Waals surface area contributed by atoms with Crippen LogP contribution in [0.2, 0.25) is 0 Å². The van der Waals surface area contributed by atoms with Gasteiger partial charge in [-0.15, -0.1) is 0 Å². The van der Waals surface area contributed by atoms with E-state index in [2.05, 4.69) is 0 Å². The molecule has 0 saturated heterocycles. The Kier molecular flexibility index (Phi) is 4.86. The van der Waals surface area contributed by atoms with Crippen molar-refractivity contribution in [1.82, 2.24) is 0 Å². The van der Waals surface area contributed by atoms with E-state index in [-0.39, 0.29) is 24.6 Å². The van der Waals surface area contributed by atoms with Crippen LogP contribution in [0.1, 0.15) is 24.2 Å². The number of ketones is 1. The standard InChI is InChI=1S/C12H18N2O3S/c1-3-18(16,17)14(9-8-13)12-6-4-11(5-7-12)10(2)15/h4-7H,3,8-9,13H2,1-2H3. The third kappa shape index (κ3) is 3.30. The van der Waals surface area contributed by atoms with Gasteiger partial charge in [-0.25, -0.2) is 8.42 Å². The number of anilines is 1. The highest BCUT2D eigenvalue weighted by molar-refractivity contribution is 7.92. The Morgan fingerprint density at radius 3 is 2.22 bits per heavy atom. The lowest BCUT2D eigenvalue weighted by Gasteiger charge is -2.23. The second kappa shape index (κ2) is 5.97. The third-order valence-electron chi connectivity index (χ3n) is 2.59. The zero-order valence-electron chi connectivity index (χ0n) is 10.6. The molecule has 0 aromatic heterocycles. The molecule has 0 atom stereocenters. The van der Waals surface area contributed by atoms with E-state index in [0.717, 1.165) is 0 Å². The van der Waals surface area contributed by atoms with Crippen molar-refractivity contribution in [3.63, 3.8) is 0 Å². The predicted molar refractivity (Wildman–Crippen MR) is 72.3 cm³/mol. The maximum atomic E-state index is 11.9. The number of hydrogen-bond acceptors (Lipinski definition) is 4. The first-order valence-corrected chi connectivity index (χ1v) is 7.34. The smallest absolute Gasteiger partial charge is 0.234 e. The lowest BCUT2D eigenvalue weighted by molar-refractivity contribution is 0.101. The molecular weight excluding hydrogens is 252 g/mol. The quantitative estimate of drug-likeness (QED) is 0.782. The summed E-state index contributed by atoms with van der Waals surface area (Å²) in [6.45, 7) is 3.53. The van der Waals surface area contributed by atoms with Crippen molar-refractivity contribution in [3.8, 4) is 0 Å². The van der Waals surface area contributed by atoms with Gasteiger partial charge in [-0.05, 0) is 38.1 Å². The zero-order valence-corrected chi connectivity index (χ0v) is 11.4. The highest BCUT2D eigenvalue weighted by atomic mass is 32.2. The van der Waals surface area contributed by atoms with Gasteiger partial charge in [0.1, 0.15) is 0 Å². The molecule has 0 aliphatic rings. The SMILES string of the molecule is CCS(=O)(=O)N(CCN)c1ccc(C(C)=O)cc1. The maximum Gasteiger partial charge on any atom is 0.234 e. The summed E-state index contributed by atoms with van der Waals surface area (Å²) >= 11 is 0. The van der Waals surface area contributed by atoms with E-state index in [1.165, 1.54) is 11.2 Å². The number of carbonyl (C=O) groups is 1. The minimum Gasteiger partial charge on any atom is -0.329 e. The summed E-state index contributed by atoms with van der Waals surface area (Å²) in [6.07, 6.45) is 0. The summed E-state index contributed by atoms with van der Waals surface area (Å²) < 4.78 is 25.1. The van der Waals surface area contributed by atoms with Crippen LogP contribution in [-0.4, -0.2) is 33.0 Å². The molecule has 2 N–H and O–H groups in total. The number of carbonyl (C=O) groups excluding carboxylic acids is 1. The van der Waals surface area contributed by atoms with Crippen molar-refractivity contribution >= 4 is 21.5 Å². The molecule has 6 heteroatoms. The van der Waals surface area contributed by atoms with E-state index in [9.17, 15) is 13.2 Å². The van der Waals surface area contributed by atoms with Gasteiger partial charge < -0.3 is 5.73 Å². The summed E-state index contributed by atoms with van der Waals surface area (Å²) in [5.41, 5.74) is 6.53. The first-order valence-electron chi connectivity index (χ1n) is 5.74. The number of nitrogens with two attached hydrogens (primary N) is 1. The lowest BCUT2D eigenvalue weighted by atomic mass is 10.1. The highest BCUT2D eigenvalue weighted by Gasteiger charge is 2.19. The molecule has 0 amide bonds. The third-order valence-corrected chi connectivity index (χ3v) is 4.39. The van der Waals surface area contributed by atoms with E-state index >= 15 is 0 Å². The van der Waals surface area contributed by atoms with Crippen molar-refractivity contribution < 1.29 is 13.2 Å². The van der Waals surface area contributed by atoms with Gasteiger partial charge in [0.05, 0.1) is 11.4 Å². The van der Waals surface area contributed by atoms with E-state index in [0.29, 0.717) is 11.3 Å². The van der Waals surface area contributed by atoms with Gasteiger partial charge in [0.2, 0.25) is 10.0 Å². The zero-order chi connectivity index (χ0) is 13.8. The second-order valence-corrected chi connectivity index (χ2v) is 6.05. The fourth-order valence-corrected chi connectivity index (χ4v) is 2.70. The number of hydrogen-bond donors (Lipinski definition) is 1. The Morgan fingerprint density at radius 2 is 1.83 bits per heavy atom. The number of sulfonamides is 1. The van der Waals surface area contributed by atoms with Crippen LogP contribution in [0.3, 0.4) is 0 Å².